The van der Waals surface area contributed by atoms with Crippen LogP contribution in [0.25, 0.3) is 10.9 Å². The summed E-state index contributed by atoms with van der Waals surface area (Å²) < 4.78 is 1.84. The lowest BCUT2D eigenvalue weighted by molar-refractivity contribution is 0.0995. The van der Waals surface area contributed by atoms with Gasteiger partial charge in [-0.05, 0) is 24.1 Å². The zero-order valence-electron chi connectivity index (χ0n) is 7.73. The summed E-state index contributed by atoms with van der Waals surface area (Å²) in [5.41, 5.74) is 6.84. The van der Waals surface area contributed by atoms with Crippen molar-refractivity contribution in [1.29, 1.82) is 0 Å². The number of benzene rings is 1. The first-order valence-electron chi connectivity index (χ1n) is 4.19. The van der Waals surface area contributed by atoms with Crippen LogP contribution in [0.4, 0.5) is 0 Å². The van der Waals surface area contributed by atoms with Gasteiger partial charge in [0, 0.05) is 11.6 Å². The molecule has 1 aromatic carbocycles. The molecule has 72 valence electrons. The van der Waals surface area contributed by atoms with Crippen LogP contribution in [-0.2, 0) is 0 Å². The fourth-order valence-corrected chi connectivity index (χ4v) is 2.20. The highest BCUT2D eigenvalue weighted by Crippen LogP contribution is 2.23. The molecule has 1 aromatic heterocycles. The second-order valence-corrected chi connectivity index (χ2v) is 3.66. The Balaban J connectivity index is 2.78. The van der Waals surface area contributed by atoms with Crippen molar-refractivity contribution in [3.63, 3.8) is 0 Å². The van der Waals surface area contributed by atoms with E-state index in [1.807, 2.05) is 40.6 Å². The molecule has 0 saturated carbocycles. The summed E-state index contributed by atoms with van der Waals surface area (Å²) in [5.74, 6) is -0.393. The average molecular weight is 206 g/mol. The molecule has 4 heteroatoms. The number of amides is 1. The number of para-hydroxylation sites is 1. The van der Waals surface area contributed by atoms with Gasteiger partial charge in [0.1, 0.15) is 5.69 Å². The van der Waals surface area contributed by atoms with Gasteiger partial charge in [0.2, 0.25) is 0 Å². The summed E-state index contributed by atoms with van der Waals surface area (Å²) >= 11 is 1.48. The maximum atomic E-state index is 11.1. The van der Waals surface area contributed by atoms with Crippen LogP contribution in [0.2, 0.25) is 0 Å². The number of hydrogen-bond donors (Lipinski definition) is 1. The first-order chi connectivity index (χ1) is 6.74. The van der Waals surface area contributed by atoms with Crippen LogP contribution >= 0.6 is 11.9 Å². The van der Waals surface area contributed by atoms with E-state index in [1.165, 1.54) is 11.9 Å². The zero-order chi connectivity index (χ0) is 10.1. The Labute approximate surface area is 86.0 Å². The third kappa shape index (κ3) is 1.28. The zero-order valence-corrected chi connectivity index (χ0v) is 8.54. The molecule has 2 rings (SSSR count). The molecule has 2 N–H and O–H groups in total. The smallest absolute Gasteiger partial charge is 0.266 e. The van der Waals surface area contributed by atoms with E-state index in [0.29, 0.717) is 5.69 Å². The van der Waals surface area contributed by atoms with E-state index in [9.17, 15) is 4.79 Å². The lowest BCUT2D eigenvalue weighted by atomic mass is 10.2. The monoisotopic (exact) mass is 206 g/mol. The van der Waals surface area contributed by atoms with Gasteiger partial charge in [-0.25, -0.2) is 0 Å². The van der Waals surface area contributed by atoms with Crippen molar-refractivity contribution in [2.45, 2.75) is 0 Å². The summed E-state index contributed by atoms with van der Waals surface area (Å²) in [6.45, 7) is 0. The highest BCUT2D eigenvalue weighted by molar-refractivity contribution is 7.97. The molecule has 0 fully saturated rings. The van der Waals surface area contributed by atoms with Crippen LogP contribution in [0.3, 0.4) is 0 Å². The van der Waals surface area contributed by atoms with Crippen molar-refractivity contribution in [3.8, 4) is 0 Å². The number of nitrogens with zero attached hydrogens (tertiary/aromatic N) is 1. The van der Waals surface area contributed by atoms with Gasteiger partial charge >= 0.3 is 0 Å². The third-order valence-corrected chi connectivity index (χ3v) is 2.86. The standard InChI is InChI=1S/C10H10N2OS/c1-14-12-8-5-3-2-4-7(8)6-9(12)10(11)13/h2-6H,1H3,(H2,11,13). The molecule has 0 aliphatic heterocycles. The number of primary amides is 1. The molecule has 14 heavy (non-hydrogen) atoms. The summed E-state index contributed by atoms with van der Waals surface area (Å²) in [6, 6.07) is 9.64. The highest BCUT2D eigenvalue weighted by Gasteiger charge is 2.11. The predicted molar refractivity (Wildman–Crippen MR) is 59.4 cm³/mol. The minimum absolute atomic E-state index is 0.393. The molecule has 0 unspecified atom stereocenters. The number of fused-ring (bicyclic) bond motifs is 1. The Hall–Kier alpha value is -1.42. The minimum atomic E-state index is -0.393. The van der Waals surface area contributed by atoms with Crippen molar-refractivity contribution in [3.05, 3.63) is 36.0 Å². The van der Waals surface area contributed by atoms with E-state index in [0.717, 1.165) is 10.9 Å². The van der Waals surface area contributed by atoms with Crippen LogP contribution in [0.5, 0.6) is 0 Å². The quantitative estimate of drug-likeness (QED) is 0.815. The van der Waals surface area contributed by atoms with Gasteiger partial charge in [-0.1, -0.05) is 18.2 Å². The van der Waals surface area contributed by atoms with E-state index in [1.54, 1.807) is 0 Å². The van der Waals surface area contributed by atoms with Crippen molar-refractivity contribution >= 4 is 28.8 Å². The lowest BCUT2D eigenvalue weighted by Gasteiger charge is -2.02. The Bertz CT molecular complexity index is 490. The largest absolute Gasteiger partial charge is 0.364 e. The van der Waals surface area contributed by atoms with Gasteiger partial charge in [0.15, 0.2) is 0 Å². The van der Waals surface area contributed by atoms with Gasteiger partial charge < -0.3 is 5.73 Å². The first-order valence-corrected chi connectivity index (χ1v) is 5.37. The molecular formula is C10H10N2OS. The van der Waals surface area contributed by atoms with E-state index in [-0.39, 0.29) is 0 Å². The van der Waals surface area contributed by atoms with Crippen molar-refractivity contribution in [1.82, 2.24) is 3.97 Å². The Morgan fingerprint density at radius 3 is 2.79 bits per heavy atom. The number of hydrogen-bond acceptors (Lipinski definition) is 2. The molecule has 0 radical (unpaired) electrons. The summed E-state index contributed by atoms with van der Waals surface area (Å²) in [6.07, 6.45) is 1.92. The van der Waals surface area contributed by atoms with Crippen LogP contribution in [0.1, 0.15) is 10.5 Å². The molecule has 0 aliphatic carbocycles. The van der Waals surface area contributed by atoms with E-state index in [4.69, 9.17) is 5.73 Å². The van der Waals surface area contributed by atoms with Crippen molar-refractivity contribution in [2.24, 2.45) is 5.73 Å². The third-order valence-electron chi connectivity index (χ3n) is 2.10. The van der Waals surface area contributed by atoms with E-state index >= 15 is 0 Å². The van der Waals surface area contributed by atoms with Crippen LogP contribution in [0.15, 0.2) is 30.3 Å². The van der Waals surface area contributed by atoms with Crippen molar-refractivity contribution in [2.75, 3.05) is 6.26 Å². The molecule has 2 aromatic rings. The molecule has 0 spiro atoms. The predicted octanol–water partition coefficient (Wildman–Crippen LogP) is 1.87. The summed E-state index contributed by atoms with van der Waals surface area (Å²) in [7, 11) is 0. The van der Waals surface area contributed by atoms with Gasteiger partial charge in [-0.3, -0.25) is 8.77 Å². The van der Waals surface area contributed by atoms with Gasteiger partial charge in [-0.15, -0.1) is 0 Å². The lowest BCUT2D eigenvalue weighted by Crippen LogP contribution is -2.14. The van der Waals surface area contributed by atoms with Gasteiger partial charge in [0.25, 0.3) is 5.91 Å². The van der Waals surface area contributed by atoms with Crippen LogP contribution in [-0.4, -0.2) is 16.1 Å². The minimum Gasteiger partial charge on any atom is -0.364 e. The molecule has 0 atom stereocenters. The maximum absolute atomic E-state index is 11.1. The molecular weight excluding hydrogens is 196 g/mol. The molecule has 1 heterocycles. The van der Waals surface area contributed by atoms with Gasteiger partial charge in [0.05, 0.1) is 5.52 Å². The SMILES string of the molecule is CSn1c(C(N)=O)cc2ccccc21. The maximum Gasteiger partial charge on any atom is 0.266 e. The average Bonchev–Trinajstić information content (AvgIpc) is 2.56. The Morgan fingerprint density at radius 2 is 2.14 bits per heavy atom. The molecule has 0 bridgehead atoms. The molecule has 1 amide bonds. The van der Waals surface area contributed by atoms with E-state index in [2.05, 4.69) is 0 Å². The number of aromatic nitrogens is 1. The number of nitrogens with two attached hydrogens (primary N) is 1. The molecule has 0 saturated heterocycles. The van der Waals surface area contributed by atoms with Crippen molar-refractivity contribution < 1.29 is 4.79 Å². The fourth-order valence-electron chi connectivity index (χ4n) is 1.50. The fraction of sp³-hybridized carbons (Fsp3) is 0.100. The first kappa shape index (κ1) is 9.15. The highest BCUT2D eigenvalue weighted by atomic mass is 32.2. The second-order valence-electron chi connectivity index (χ2n) is 2.93. The van der Waals surface area contributed by atoms with Crippen LogP contribution in [0, 0.1) is 0 Å². The van der Waals surface area contributed by atoms with E-state index < -0.39 is 5.91 Å². The Morgan fingerprint density at radius 1 is 1.43 bits per heavy atom. The topological polar surface area (TPSA) is 48.0 Å². The summed E-state index contributed by atoms with van der Waals surface area (Å²) in [4.78, 5) is 11.1. The molecule has 3 nitrogen and oxygen atoms in total. The number of rotatable bonds is 2. The second kappa shape index (κ2) is 3.38. The van der Waals surface area contributed by atoms with Crippen LogP contribution < -0.4 is 5.73 Å². The molecule has 0 aliphatic rings. The number of carbonyl (C=O) groups excluding carboxylic acids is 1. The Kier molecular flexibility index (Phi) is 2.21. The number of carbonyl (C=O) groups is 1. The van der Waals surface area contributed by atoms with Gasteiger partial charge in [-0.2, -0.15) is 0 Å². The summed E-state index contributed by atoms with van der Waals surface area (Å²) in [5, 5.41) is 1.04. The normalized spacial score (nSPS) is 10.6.